The molecule has 3 nitrogen and oxygen atoms in total. The first-order valence-corrected chi connectivity index (χ1v) is 6.82. The normalized spacial score (nSPS) is 13.0. The van der Waals surface area contributed by atoms with E-state index < -0.39 is 17.5 Å². The van der Waals surface area contributed by atoms with Gasteiger partial charge in [0.2, 0.25) is 5.91 Å². The Bertz CT molecular complexity index is 756. The quantitative estimate of drug-likeness (QED) is 0.880. The van der Waals surface area contributed by atoms with Gasteiger partial charge >= 0.3 is 0 Å². The fraction of sp³-hybridized carbons (Fsp3) is 0.118. The lowest BCUT2D eigenvalue weighted by Gasteiger charge is -2.03. The van der Waals surface area contributed by atoms with Crippen LogP contribution in [0, 0.1) is 11.6 Å². The molecule has 0 aromatic heterocycles. The molecule has 0 saturated carbocycles. The summed E-state index contributed by atoms with van der Waals surface area (Å²) in [4.78, 5) is 11.8. The number of rotatable bonds is 3. The van der Waals surface area contributed by atoms with Gasteiger partial charge in [0.25, 0.3) is 0 Å². The van der Waals surface area contributed by atoms with E-state index in [1.807, 2.05) is 18.2 Å². The van der Waals surface area contributed by atoms with Crippen LogP contribution in [-0.2, 0) is 11.2 Å². The number of fused-ring (bicyclic) bond motifs is 1. The number of hydrogen-bond donors (Lipinski definition) is 1. The van der Waals surface area contributed by atoms with Crippen molar-refractivity contribution < 1.29 is 18.3 Å². The van der Waals surface area contributed by atoms with Crippen molar-refractivity contribution in [3.05, 3.63) is 65.2 Å². The van der Waals surface area contributed by atoms with Crippen LogP contribution in [0.25, 0.3) is 6.08 Å². The molecule has 0 spiro atoms. The van der Waals surface area contributed by atoms with Crippen LogP contribution in [0.3, 0.4) is 0 Å². The molecule has 112 valence electrons. The van der Waals surface area contributed by atoms with Gasteiger partial charge in [-0.2, -0.15) is 0 Å². The van der Waals surface area contributed by atoms with Gasteiger partial charge in [-0.1, -0.05) is 6.07 Å². The highest BCUT2D eigenvalue weighted by molar-refractivity contribution is 6.02. The van der Waals surface area contributed by atoms with Crippen LogP contribution in [0.1, 0.15) is 11.1 Å². The van der Waals surface area contributed by atoms with Gasteiger partial charge in [-0.05, 0) is 41.5 Å². The van der Waals surface area contributed by atoms with Crippen molar-refractivity contribution in [3.8, 4) is 5.75 Å². The largest absolute Gasteiger partial charge is 0.493 e. The fourth-order valence-electron chi connectivity index (χ4n) is 2.25. The standard InChI is InChI=1S/C17H13F2NO2/c18-13-3-4-15(14(19)10-13)20-17(21)6-2-11-1-5-16-12(9-11)7-8-22-16/h1-6,9-10H,7-8H2,(H,20,21)/b6-2+. The van der Waals surface area contributed by atoms with E-state index in [1.165, 1.54) is 12.1 Å². The molecule has 1 aliphatic rings. The second-order valence-electron chi connectivity index (χ2n) is 4.91. The fourth-order valence-corrected chi connectivity index (χ4v) is 2.25. The molecule has 0 saturated heterocycles. The SMILES string of the molecule is O=C(/C=C/c1ccc2c(c1)CCO2)Nc1ccc(F)cc1F. The van der Waals surface area contributed by atoms with Gasteiger partial charge in [0.1, 0.15) is 17.4 Å². The molecule has 1 amide bonds. The van der Waals surface area contributed by atoms with Crippen LogP contribution < -0.4 is 10.1 Å². The third-order valence-corrected chi connectivity index (χ3v) is 3.33. The highest BCUT2D eigenvalue weighted by Gasteiger charge is 2.11. The topological polar surface area (TPSA) is 38.3 Å². The minimum atomic E-state index is -0.809. The highest BCUT2D eigenvalue weighted by Crippen LogP contribution is 2.26. The van der Waals surface area contributed by atoms with E-state index in [4.69, 9.17) is 4.74 Å². The van der Waals surface area contributed by atoms with Crippen molar-refractivity contribution in [1.82, 2.24) is 0 Å². The summed E-state index contributed by atoms with van der Waals surface area (Å²) in [6.45, 7) is 0.673. The molecule has 5 heteroatoms. The van der Waals surface area contributed by atoms with E-state index in [9.17, 15) is 13.6 Å². The molecular formula is C17H13F2NO2. The maximum absolute atomic E-state index is 13.4. The summed E-state index contributed by atoms with van der Waals surface area (Å²) in [7, 11) is 0. The summed E-state index contributed by atoms with van der Waals surface area (Å²) in [5, 5.41) is 2.37. The average Bonchev–Trinajstić information content (AvgIpc) is 2.95. The van der Waals surface area contributed by atoms with Crippen LogP contribution in [0.5, 0.6) is 5.75 Å². The van der Waals surface area contributed by atoms with Crippen molar-refractivity contribution in [2.45, 2.75) is 6.42 Å². The monoisotopic (exact) mass is 301 g/mol. The van der Waals surface area contributed by atoms with Crippen LogP contribution >= 0.6 is 0 Å². The molecule has 2 aromatic carbocycles. The number of carbonyl (C=O) groups excluding carboxylic acids is 1. The van der Waals surface area contributed by atoms with Gasteiger partial charge in [-0.15, -0.1) is 0 Å². The average molecular weight is 301 g/mol. The Labute approximate surface area is 126 Å². The minimum absolute atomic E-state index is 0.0570. The third-order valence-electron chi connectivity index (χ3n) is 3.33. The van der Waals surface area contributed by atoms with Crippen molar-refractivity contribution >= 4 is 17.7 Å². The number of anilines is 1. The van der Waals surface area contributed by atoms with Crippen molar-refractivity contribution in [2.75, 3.05) is 11.9 Å². The lowest BCUT2D eigenvalue weighted by molar-refractivity contribution is -0.111. The van der Waals surface area contributed by atoms with Crippen LogP contribution in [0.15, 0.2) is 42.5 Å². The summed E-state index contributed by atoms with van der Waals surface area (Å²) in [6, 6.07) is 8.64. The summed E-state index contributed by atoms with van der Waals surface area (Å²) < 4.78 is 31.6. The molecule has 0 atom stereocenters. The Hall–Kier alpha value is -2.69. The predicted octanol–water partition coefficient (Wildman–Crippen LogP) is 3.55. The number of hydrogen-bond acceptors (Lipinski definition) is 2. The molecular weight excluding hydrogens is 288 g/mol. The Morgan fingerprint density at radius 2 is 2.05 bits per heavy atom. The lowest BCUT2D eigenvalue weighted by atomic mass is 10.1. The van der Waals surface area contributed by atoms with E-state index in [0.29, 0.717) is 6.61 Å². The predicted molar refractivity (Wildman–Crippen MR) is 79.7 cm³/mol. The second-order valence-corrected chi connectivity index (χ2v) is 4.91. The van der Waals surface area contributed by atoms with E-state index >= 15 is 0 Å². The van der Waals surface area contributed by atoms with Crippen molar-refractivity contribution in [1.29, 1.82) is 0 Å². The zero-order valence-corrected chi connectivity index (χ0v) is 11.6. The molecule has 0 fully saturated rings. The summed E-state index contributed by atoms with van der Waals surface area (Å²) in [6.07, 6.45) is 3.79. The number of carbonyl (C=O) groups is 1. The molecule has 0 radical (unpaired) electrons. The Morgan fingerprint density at radius 3 is 2.86 bits per heavy atom. The molecule has 22 heavy (non-hydrogen) atoms. The molecule has 0 bridgehead atoms. The number of nitrogens with one attached hydrogen (secondary N) is 1. The minimum Gasteiger partial charge on any atom is -0.493 e. The zero-order chi connectivity index (χ0) is 15.5. The molecule has 0 unspecified atom stereocenters. The van der Waals surface area contributed by atoms with Crippen LogP contribution in [-0.4, -0.2) is 12.5 Å². The number of amides is 1. The Balaban J connectivity index is 1.68. The first-order chi connectivity index (χ1) is 10.6. The van der Waals surface area contributed by atoms with Crippen molar-refractivity contribution in [3.63, 3.8) is 0 Å². The zero-order valence-electron chi connectivity index (χ0n) is 11.6. The smallest absolute Gasteiger partial charge is 0.248 e. The summed E-state index contributed by atoms with van der Waals surface area (Å²) in [5.41, 5.74) is 1.91. The van der Waals surface area contributed by atoms with E-state index in [1.54, 1.807) is 6.08 Å². The second kappa shape index (κ2) is 5.97. The highest BCUT2D eigenvalue weighted by atomic mass is 19.1. The first kappa shape index (κ1) is 14.3. The molecule has 3 rings (SSSR count). The van der Waals surface area contributed by atoms with Gasteiger partial charge < -0.3 is 10.1 Å². The van der Waals surface area contributed by atoms with Gasteiger partial charge in [0.15, 0.2) is 0 Å². The maximum atomic E-state index is 13.4. The van der Waals surface area contributed by atoms with Crippen LogP contribution in [0.2, 0.25) is 0 Å². The number of benzene rings is 2. The molecule has 2 aromatic rings. The third kappa shape index (κ3) is 3.14. The lowest BCUT2D eigenvalue weighted by Crippen LogP contribution is -2.09. The number of halogens is 2. The number of ether oxygens (including phenoxy) is 1. The first-order valence-electron chi connectivity index (χ1n) is 6.82. The van der Waals surface area contributed by atoms with Crippen LogP contribution in [0.4, 0.5) is 14.5 Å². The molecule has 0 aliphatic carbocycles. The van der Waals surface area contributed by atoms with Gasteiger partial charge in [0, 0.05) is 18.6 Å². The molecule has 1 aliphatic heterocycles. The molecule has 1 heterocycles. The summed E-state index contributed by atoms with van der Waals surface area (Å²) in [5.74, 6) is -1.11. The van der Waals surface area contributed by atoms with E-state index in [0.717, 1.165) is 35.4 Å². The summed E-state index contributed by atoms with van der Waals surface area (Å²) >= 11 is 0. The van der Waals surface area contributed by atoms with E-state index in [2.05, 4.69) is 5.32 Å². The molecule has 1 N–H and O–H groups in total. The Kier molecular flexibility index (Phi) is 3.87. The maximum Gasteiger partial charge on any atom is 0.248 e. The van der Waals surface area contributed by atoms with Gasteiger partial charge in [-0.25, -0.2) is 8.78 Å². The van der Waals surface area contributed by atoms with Gasteiger partial charge in [0.05, 0.1) is 12.3 Å². The van der Waals surface area contributed by atoms with E-state index in [-0.39, 0.29) is 5.69 Å². The Morgan fingerprint density at radius 1 is 1.18 bits per heavy atom. The van der Waals surface area contributed by atoms with Gasteiger partial charge in [-0.3, -0.25) is 4.79 Å². The van der Waals surface area contributed by atoms with Crippen molar-refractivity contribution in [2.24, 2.45) is 0 Å².